The van der Waals surface area contributed by atoms with Crippen molar-refractivity contribution in [2.75, 3.05) is 4.90 Å². The number of fused-ring (bicyclic) bond motifs is 17. The van der Waals surface area contributed by atoms with Crippen LogP contribution in [0.4, 0.5) is 17.1 Å². The summed E-state index contributed by atoms with van der Waals surface area (Å²) in [5.41, 5.74) is 15.1. The van der Waals surface area contributed by atoms with Crippen LogP contribution in [0.15, 0.2) is 182 Å². The Morgan fingerprint density at radius 1 is 0.373 bits per heavy atom. The van der Waals surface area contributed by atoms with Crippen molar-refractivity contribution in [2.24, 2.45) is 0 Å². The quantitative estimate of drug-likeness (QED) is 0.173. The van der Waals surface area contributed by atoms with E-state index in [0.29, 0.717) is 0 Å². The number of benzene rings is 9. The van der Waals surface area contributed by atoms with Crippen molar-refractivity contribution in [3.63, 3.8) is 0 Å². The van der Waals surface area contributed by atoms with Crippen LogP contribution < -0.4 is 4.90 Å². The van der Waals surface area contributed by atoms with E-state index in [4.69, 9.17) is 0 Å². The van der Waals surface area contributed by atoms with Gasteiger partial charge in [-0.05, 0) is 120 Å². The third-order valence-electron chi connectivity index (χ3n) is 11.5. The second-order valence-electron chi connectivity index (χ2n) is 14.1. The van der Waals surface area contributed by atoms with Crippen LogP contribution in [0.2, 0.25) is 0 Å². The highest BCUT2D eigenvalue weighted by atomic mass is 15.1. The molecule has 0 amide bonds. The van der Waals surface area contributed by atoms with Crippen LogP contribution in [-0.2, 0) is 5.41 Å². The normalized spacial score (nSPS) is 13.4. The summed E-state index contributed by atoms with van der Waals surface area (Å²) in [6.07, 6.45) is 0. The lowest BCUT2D eigenvalue weighted by atomic mass is 9.69. The Morgan fingerprint density at radius 3 is 1.71 bits per heavy atom. The lowest BCUT2D eigenvalue weighted by molar-refractivity contribution is 0.802. The maximum Gasteiger partial charge on any atom is 0.0732 e. The van der Waals surface area contributed by atoms with Gasteiger partial charge in [0.1, 0.15) is 0 Å². The van der Waals surface area contributed by atoms with Gasteiger partial charge in [0.25, 0.3) is 0 Å². The molecule has 0 bridgehead atoms. The van der Waals surface area contributed by atoms with Gasteiger partial charge in [-0.1, -0.05) is 151 Å². The number of hydrogen-bond acceptors (Lipinski definition) is 1. The largest absolute Gasteiger partial charge is 0.310 e. The first-order valence-corrected chi connectivity index (χ1v) is 17.9. The molecule has 0 atom stereocenters. The van der Waals surface area contributed by atoms with Gasteiger partial charge in [0, 0.05) is 17.1 Å². The Bertz CT molecular complexity index is 2820. The van der Waals surface area contributed by atoms with Gasteiger partial charge in [-0.15, -0.1) is 0 Å². The molecule has 0 fully saturated rings. The topological polar surface area (TPSA) is 3.24 Å². The number of anilines is 3. The minimum atomic E-state index is -0.457. The summed E-state index contributed by atoms with van der Waals surface area (Å²) in [6, 6.07) is 67.9. The highest BCUT2D eigenvalue weighted by Crippen LogP contribution is 2.66. The van der Waals surface area contributed by atoms with Gasteiger partial charge >= 0.3 is 0 Å². The maximum absolute atomic E-state index is 2.44. The monoisotopic (exact) mass is 647 g/mol. The van der Waals surface area contributed by atoms with Crippen LogP contribution in [0.1, 0.15) is 27.8 Å². The van der Waals surface area contributed by atoms with E-state index in [-0.39, 0.29) is 0 Å². The smallest absolute Gasteiger partial charge is 0.0732 e. The van der Waals surface area contributed by atoms with E-state index in [9.17, 15) is 0 Å². The minimum absolute atomic E-state index is 0.457. The van der Waals surface area contributed by atoms with E-state index in [2.05, 4.69) is 194 Å². The number of para-hydroxylation sites is 1. The molecule has 1 spiro atoms. The van der Waals surface area contributed by atoms with Gasteiger partial charge in [-0.2, -0.15) is 0 Å². The van der Waals surface area contributed by atoms with Crippen LogP contribution >= 0.6 is 0 Å². The summed E-state index contributed by atoms with van der Waals surface area (Å²) < 4.78 is 0. The molecular formula is C50H33N. The molecular weight excluding hydrogens is 615 g/mol. The Labute approximate surface area is 297 Å². The molecule has 0 unspecified atom stereocenters. The molecule has 9 aromatic carbocycles. The highest BCUT2D eigenvalue weighted by Gasteiger charge is 2.53. The predicted molar refractivity (Wildman–Crippen MR) is 215 cm³/mol. The van der Waals surface area contributed by atoms with Crippen molar-refractivity contribution >= 4 is 49.4 Å². The summed E-state index contributed by atoms with van der Waals surface area (Å²) in [5.74, 6) is 0. The molecule has 0 radical (unpaired) electrons. The third-order valence-corrected chi connectivity index (χ3v) is 11.5. The van der Waals surface area contributed by atoms with E-state index in [1.807, 2.05) is 0 Å². The molecule has 2 aliphatic carbocycles. The van der Waals surface area contributed by atoms with E-state index in [1.165, 1.54) is 82.4 Å². The summed E-state index contributed by atoms with van der Waals surface area (Å²) in [5, 5.41) is 7.74. The van der Waals surface area contributed by atoms with Crippen molar-refractivity contribution in [2.45, 2.75) is 12.3 Å². The second-order valence-corrected chi connectivity index (χ2v) is 14.1. The van der Waals surface area contributed by atoms with Crippen molar-refractivity contribution < 1.29 is 0 Å². The van der Waals surface area contributed by atoms with Gasteiger partial charge in [0.15, 0.2) is 0 Å². The molecule has 51 heavy (non-hydrogen) atoms. The fourth-order valence-corrected chi connectivity index (χ4v) is 9.47. The second kappa shape index (κ2) is 10.5. The molecule has 0 heterocycles. The summed E-state index contributed by atoms with van der Waals surface area (Å²) in [4.78, 5) is 2.39. The fraction of sp³-hybridized carbons (Fsp3) is 0.0400. The number of hydrogen-bond donors (Lipinski definition) is 0. The van der Waals surface area contributed by atoms with Crippen LogP contribution in [-0.4, -0.2) is 0 Å². The van der Waals surface area contributed by atoms with E-state index >= 15 is 0 Å². The predicted octanol–water partition coefficient (Wildman–Crippen LogP) is 13.3. The van der Waals surface area contributed by atoms with Crippen molar-refractivity contribution in [3.05, 3.63) is 210 Å². The van der Waals surface area contributed by atoms with E-state index in [1.54, 1.807) is 0 Å². The summed E-state index contributed by atoms with van der Waals surface area (Å²) in [6.45, 7) is 2.15. The lowest BCUT2D eigenvalue weighted by Gasteiger charge is -2.32. The molecule has 0 N–H and O–H groups in total. The third kappa shape index (κ3) is 3.75. The standard InChI is InChI=1S/C50H33N/c1-32-23-26-35(27-24-32)51(34-14-3-2-4-15-34)36-28-29-42-43(31-36)38-17-7-8-20-41(38)48-47-37-16-6-5-13-33(37)25-30-46(47)50(49(42)48)44-21-11-9-18-39(44)40-19-10-12-22-45(40)50/h2-31H,1H3. The molecule has 1 nitrogen and oxygen atoms in total. The Hall–Kier alpha value is -6.44. The minimum Gasteiger partial charge on any atom is -0.310 e. The van der Waals surface area contributed by atoms with Crippen LogP contribution in [0.25, 0.3) is 54.6 Å². The number of nitrogens with zero attached hydrogens (tertiary/aromatic N) is 1. The Balaban J connectivity index is 1.32. The van der Waals surface area contributed by atoms with E-state index < -0.39 is 5.41 Å². The van der Waals surface area contributed by atoms with Gasteiger partial charge in [-0.3, -0.25) is 0 Å². The van der Waals surface area contributed by atoms with E-state index in [0.717, 1.165) is 17.1 Å². The molecule has 9 aromatic rings. The average Bonchev–Trinajstić information content (AvgIpc) is 3.67. The van der Waals surface area contributed by atoms with Gasteiger partial charge < -0.3 is 4.90 Å². The zero-order valence-electron chi connectivity index (χ0n) is 28.3. The molecule has 1 heteroatoms. The molecule has 2 aliphatic rings. The number of aryl methyl sites for hydroxylation is 1. The zero-order valence-corrected chi connectivity index (χ0v) is 28.3. The molecule has 0 aliphatic heterocycles. The molecule has 238 valence electrons. The summed E-state index contributed by atoms with van der Waals surface area (Å²) >= 11 is 0. The first-order chi connectivity index (χ1) is 25.2. The average molecular weight is 648 g/mol. The Kier molecular flexibility index (Phi) is 5.86. The van der Waals surface area contributed by atoms with Crippen molar-refractivity contribution in [3.8, 4) is 22.3 Å². The van der Waals surface area contributed by atoms with Crippen LogP contribution in [0.5, 0.6) is 0 Å². The molecule has 0 aromatic heterocycles. The van der Waals surface area contributed by atoms with Gasteiger partial charge in [-0.25, -0.2) is 0 Å². The van der Waals surface area contributed by atoms with Crippen LogP contribution in [0.3, 0.4) is 0 Å². The van der Waals surface area contributed by atoms with Crippen molar-refractivity contribution in [1.82, 2.24) is 0 Å². The fourth-order valence-electron chi connectivity index (χ4n) is 9.47. The van der Waals surface area contributed by atoms with Crippen molar-refractivity contribution in [1.29, 1.82) is 0 Å². The SMILES string of the molecule is Cc1ccc(N(c2ccccc2)c2ccc3c4c(c5ccccc5c3c2)-c2c(ccc3ccccc23)C42c3ccccc3-c3ccccc32)cc1. The maximum atomic E-state index is 2.44. The van der Waals surface area contributed by atoms with Gasteiger partial charge in [0.2, 0.25) is 0 Å². The molecule has 0 saturated heterocycles. The first kappa shape index (κ1) is 28.4. The highest BCUT2D eigenvalue weighted by molar-refractivity contribution is 6.23. The van der Waals surface area contributed by atoms with Crippen LogP contribution in [0, 0.1) is 6.92 Å². The Morgan fingerprint density at radius 2 is 0.961 bits per heavy atom. The lowest BCUT2D eigenvalue weighted by Crippen LogP contribution is -2.26. The summed E-state index contributed by atoms with van der Waals surface area (Å²) in [7, 11) is 0. The van der Waals surface area contributed by atoms with Gasteiger partial charge in [0.05, 0.1) is 5.41 Å². The first-order valence-electron chi connectivity index (χ1n) is 17.9. The molecule has 0 saturated carbocycles. The number of rotatable bonds is 3. The molecule has 11 rings (SSSR count). The zero-order chi connectivity index (χ0) is 33.7.